The number of likely N-dealkylation sites (tertiary alicyclic amines) is 2. The van der Waals surface area contributed by atoms with E-state index in [1.54, 1.807) is 0 Å². The maximum absolute atomic E-state index is 14.0. The summed E-state index contributed by atoms with van der Waals surface area (Å²) in [6.07, 6.45) is 4.70. The van der Waals surface area contributed by atoms with Gasteiger partial charge in [0.05, 0.1) is 0 Å². The molecule has 1 unspecified atom stereocenters. The molecule has 2 heterocycles. The zero-order valence-electron chi connectivity index (χ0n) is 14.3. The third kappa shape index (κ3) is 3.77. The first kappa shape index (κ1) is 17.3. The zero-order valence-corrected chi connectivity index (χ0v) is 14.3. The average molecular weight is 336 g/mol. The van der Waals surface area contributed by atoms with Crippen molar-refractivity contribution in [3.05, 3.63) is 35.4 Å². The van der Waals surface area contributed by atoms with E-state index in [4.69, 9.17) is 0 Å². The maximum atomic E-state index is 14.0. The molecule has 2 saturated heterocycles. The third-order valence-electron chi connectivity index (χ3n) is 5.54. The van der Waals surface area contributed by atoms with Crippen LogP contribution < -0.4 is 0 Å². The van der Waals surface area contributed by atoms with Crippen LogP contribution in [-0.4, -0.2) is 41.9 Å². The number of carbonyl (C=O) groups is 1. The van der Waals surface area contributed by atoms with Crippen LogP contribution in [0.25, 0.3) is 0 Å². The zero-order chi connectivity index (χ0) is 17.1. The minimum Gasteiger partial charge on any atom is -0.343 e. The fourth-order valence-electron chi connectivity index (χ4n) is 3.98. The van der Waals surface area contributed by atoms with Gasteiger partial charge in [-0.1, -0.05) is 6.07 Å². The standard InChI is InChI=1S/C19H26F2N2O/c1-14(19-16(20)5-4-6-17(19)21)22-11-7-15(8-12-22)13-18(24)23-9-2-3-10-23/h4-6,14-15H,2-3,7-13H2,1H3. The Hall–Kier alpha value is -1.49. The third-order valence-corrected chi connectivity index (χ3v) is 5.54. The first-order chi connectivity index (χ1) is 11.6. The summed E-state index contributed by atoms with van der Waals surface area (Å²) in [5.41, 5.74) is 0.157. The van der Waals surface area contributed by atoms with Gasteiger partial charge in [0.25, 0.3) is 0 Å². The molecule has 0 radical (unpaired) electrons. The maximum Gasteiger partial charge on any atom is 0.222 e. The van der Waals surface area contributed by atoms with Gasteiger partial charge in [-0.25, -0.2) is 8.78 Å². The van der Waals surface area contributed by atoms with Crippen molar-refractivity contribution in [2.45, 2.75) is 45.1 Å². The second-order valence-corrected chi connectivity index (χ2v) is 7.08. The molecule has 0 saturated carbocycles. The Morgan fingerprint density at radius 3 is 2.29 bits per heavy atom. The number of amides is 1. The molecule has 5 heteroatoms. The highest BCUT2D eigenvalue weighted by Gasteiger charge is 2.29. The molecule has 0 aromatic heterocycles. The topological polar surface area (TPSA) is 23.6 Å². The Balaban J connectivity index is 1.54. The molecule has 2 aliphatic heterocycles. The van der Waals surface area contributed by atoms with E-state index in [2.05, 4.69) is 4.90 Å². The highest BCUT2D eigenvalue weighted by molar-refractivity contribution is 5.76. The summed E-state index contributed by atoms with van der Waals surface area (Å²) in [5.74, 6) is -0.283. The summed E-state index contributed by atoms with van der Waals surface area (Å²) in [4.78, 5) is 16.4. The first-order valence-corrected chi connectivity index (χ1v) is 9.02. The minimum atomic E-state index is -0.478. The monoisotopic (exact) mass is 336 g/mol. The van der Waals surface area contributed by atoms with Gasteiger partial charge in [0, 0.05) is 31.1 Å². The Kier molecular flexibility index (Phi) is 5.49. The molecule has 0 aliphatic carbocycles. The number of benzene rings is 1. The largest absolute Gasteiger partial charge is 0.343 e. The second-order valence-electron chi connectivity index (χ2n) is 7.08. The highest BCUT2D eigenvalue weighted by Crippen LogP contribution is 2.31. The summed E-state index contributed by atoms with van der Waals surface area (Å²) in [5, 5.41) is 0. The van der Waals surface area contributed by atoms with Crippen LogP contribution in [0.4, 0.5) is 8.78 Å². The molecule has 2 aliphatic rings. The lowest BCUT2D eigenvalue weighted by atomic mass is 9.91. The molecule has 1 atom stereocenters. The van der Waals surface area contributed by atoms with Gasteiger partial charge in [0.2, 0.25) is 5.91 Å². The van der Waals surface area contributed by atoms with Crippen molar-refractivity contribution in [2.75, 3.05) is 26.2 Å². The summed E-state index contributed by atoms with van der Waals surface area (Å²) in [6, 6.07) is 3.76. The van der Waals surface area contributed by atoms with E-state index in [0.29, 0.717) is 12.3 Å². The van der Waals surface area contributed by atoms with Gasteiger partial charge >= 0.3 is 0 Å². The van der Waals surface area contributed by atoms with Crippen molar-refractivity contribution in [3.8, 4) is 0 Å². The summed E-state index contributed by atoms with van der Waals surface area (Å²) in [7, 11) is 0. The lowest BCUT2D eigenvalue weighted by Gasteiger charge is -2.36. The lowest BCUT2D eigenvalue weighted by Crippen LogP contribution is -2.38. The smallest absolute Gasteiger partial charge is 0.222 e. The Bertz CT molecular complexity index is 558. The van der Waals surface area contributed by atoms with Gasteiger partial charge in [0.15, 0.2) is 0 Å². The van der Waals surface area contributed by atoms with Gasteiger partial charge in [-0.15, -0.1) is 0 Å². The van der Waals surface area contributed by atoms with Crippen LogP contribution >= 0.6 is 0 Å². The first-order valence-electron chi connectivity index (χ1n) is 9.02. The molecule has 2 fully saturated rings. The average Bonchev–Trinajstić information content (AvgIpc) is 3.10. The normalized spacial score (nSPS) is 21.2. The Morgan fingerprint density at radius 1 is 1.12 bits per heavy atom. The molecule has 0 N–H and O–H groups in total. The SMILES string of the molecule is CC(c1c(F)cccc1F)N1CCC(CC(=O)N2CCCC2)CC1. The van der Waals surface area contributed by atoms with Gasteiger partial charge in [-0.05, 0) is 63.7 Å². The summed E-state index contributed by atoms with van der Waals surface area (Å²) >= 11 is 0. The van der Waals surface area contributed by atoms with Crippen LogP contribution in [0.3, 0.4) is 0 Å². The molecule has 3 rings (SSSR count). The van der Waals surface area contributed by atoms with Crippen LogP contribution in [0.1, 0.15) is 50.6 Å². The molecule has 1 aromatic rings. The molecule has 24 heavy (non-hydrogen) atoms. The Labute approximate surface area is 142 Å². The molecular weight excluding hydrogens is 310 g/mol. The van der Waals surface area contributed by atoms with E-state index in [1.165, 1.54) is 18.2 Å². The van der Waals surface area contributed by atoms with Crippen LogP contribution in [0.15, 0.2) is 18.2 Å². The number of nitrogens with zero attached hydrogens (tertiary/aromatic N) is 2. The van der Waals surface area contributed by atoms with Crippen molar-refractivity contribution in [1.82, 2.24) is 9.80 Å². The van der Waals surface area contributed by atoms with Crippen molar-refractivity contribution < 1.29 is 13.6 Å². The number of hydrogen-bond donors (Lipinski definition) is 0. The summed E-state index contributed by atoms with van der Waals surface area (Å²) < 4.78 is 27.9. The van der Waals surface area contributed by atoms with Crippen LogP contribution in [-0.2, 0) is 4.79 Å². The van der Waals surface area contributed by atoms with E-state index in [-0.39, 0.29) is 17.5 Å². The van der Waals surface area contributed by atoms with Crippen molar-refractivity contribution in [1.29, 1.82) is 0 Å². The van der Waals surface area contributed by atoms with Crippen molar-refractivity contribution in [2.24, 2.45) is 5.92 Å². The number of piperidine rings is 1. The fraction of sp³-hybridized carbons (Fsp3) is 0.632. The van der Waals surface area contributed by atoms with Crippen LogP contribution in [0.5, 0.6) is 0 Å². The molecule has 0 spiro atoms. The molecule has 132 valence electrons. The predicted molar refractivity (Wildman–Crippen MR) is 89.5 cm³/mol. The number of carbonyl (C=O) groups excluding carboxylic acids is 1. The molecule has 3 nitrogen and oxygen atoms in total. The quantitative estimate of drug-likeness (QED) is 0.836. The molecule has 0 bridgehead atoms. The van der Waals surface area contributed by atoms with Crippen molar-refractivity contribution in [3.63, 3.8) is 0 Å². The van der Waals surface area contributed by atoms with E-state index in [9.17, 15) is 13.6 Å². The van der Waals surface area contributed by atoms with E-state index >= 15 is 0 Å². The van der Waals surface area contributed by atoms with E-state index in [0.717, 1.165) is 51.9 Å². The predicted octanol–water partition coefficient (Wildman–Crippen LogP) is 3.75. The number of hydrogen-bond acceptors (Lipinski definition) is 2. The van der Waals surface area contributed by atoms with E-state index in [1.807, 2.05) is 11.8 Å². The lowest BCUT2D eigenvalue weighted by molar-refractivity contribution is -0.131. The second kappa shape index (κ2) is 7.60. The molecule has 1 amide bonds. The van der Waals surface area contributed by atoms with Crippen LogP contribution in [0, 0.1) is 17.6 Å². The van der Waals surface area contributed by atoms with E-state index < -0.39 is 11.6 Å². The van der Waals surface area contributed by atoms with Gasteiger partial charge in [-0.3, -0.25) is 9.69 Å². The molecule has 1 aromatic carbocycles. The van der Waals surface area contributed by atoms with Gasteiger partial charge in [-0.2, -0.15) is 0 Å². The Morgan fingerprint density at radius 2 is 1.71 bits per heavy atom. The summed E-state index contributed by atoms with van der Waals surface area (Å²) in [6.45, 7) is 5.24. The van der Waals surface area contributed by atoms with Crippen molar-refractivity contribution >= 4 is 5.91 Å². The fourth-order valence-corrected chi connectivity index (χ4v) is 3.98. The highest BCUT2D eigenvalue weighted by atomic mass is 19.1. The van der Waals surface area contributed by atoms with Gasteiger partial charge < -0.3 is 4.90 Å². The van der Waals surface area contributed by atoms with Crippen LogP contribution in [0.2, 0.25) is 0 Å². The van der Waals surface area contributed by atoms with Gasteiger partial charge in [0.1, 0.15) is 11.6 Å². The number of rotatable bonds is 4. The molecular formula is C19H26F2N2O. The number of halogens is 2. The minimum absolute atomic E-state index is 0.157.